The molecule has 1 aromatic carbocycles. The Morgan fingerprint density at radius 1 is 1.16 bits per heavy atom. The van der Waals surface area contributed by atoms with Gasteiger partial charge in [0.1, 0.15) is 12.4 Å². The van der Waals surface area contributed by atoms with Gasteiger partial charge in [-0.1, -0.05) is 0 Å². The first-order chi connectivity index (χ1) is 12.1. The van der Waals surface area contributed by atoms with Crippen LogP contribution in [0.15, 0.2) is 24.3 Å². The van der Waals surface area contributed by atoms with Crippen LogP contribution in [-0.2, 0) is 16.1 Å². The predicted octanol–water partition coefficient (Wildman–Crippen LogP) is 0.951. The average Bonchev–Trinajstić information content (AvgIpc) is 3.11. The Kier molecular flexibility index (Phi) is 5.24. The summed E-state index contributed by atoms with van der Waals surface area (Å²) < 4.78 is 16.3. The van der Waals surface area contributed by atoms with Crippen molar-refractivity contribution in [3.05, 3.63) is 35.7 Å². The van der Waals surface area contributed by atoms with E-state index in [4.69, 9.17) is 25.7 Å². The molecule has 0 saturated carbocycles. The molecule has 4 N–H and O–H groups in total. The van der Waals surface area contributed by atoms with Gasteiger partial charge in [0, 0.05) is 6.61 Å². The molecule has 0 unspecified atom stereocenters. The van der Waals surface area contributed by atoms with Crippen LogP contribution in [0.2, 0.25) is 0 Å². The summed E-state index contributed by atoms with van der Waals surface area (Å²) in [4.78, 5) is 23.4. The third kappa shape index (κ3) is 4.77. The van der Waals surface area contributed by atoms with Crippen molar-refractivity contribution in [2.24, 2.45) is 0 Å². The molecule has 9 heteroatoms. The molecular formula is C16H19N5O4. The molecule has 1 saturated heterocycles. The van der Waals surface area contributed by atoms with Crippen LogP contribution in [0.3, 0.4) is 0 Å². The fourth-order valence-electron chi connectivity index (χ4n) is 2.39. The summed E-state index contributed by atoms with van der Waals surface area (Å²) in [7, 11) is 0. The summed E-state index contributed by atoms with van der Waals surface area (Å²) in [5.74, 6) is 0.306. The molecule has 1 fully saturated rings. The summed E-state index contributed by atoms with van der Waals surface area (Å²) in [6.07, 6.45) is 2.22. The Balaban J connectivity index is 1.51. The first-order valence-corrected chi connectivity index (χ1v) is 7.87. The van der Waals surface area contributed by atoms with E-state index in [0.717, 1.165) is 19.4 Å². The highest BCUT2D eigenvalue weighted by Crippen LogP contribution is 2.17. The summed E-state index contributed by atoms with van der Waals surface area (Å²) in [6, 6.07) is 6.68. The SMILES string of the molecule is Nc1nc(N)nc(COC(=O)c2ccc(OC[C@@H]3CCCO3)cc2)n1. The molecule has 132 valence electrons. The van der Waals surface area contributed by atoms with Gasteiger partial charge >= 0.3 is 5.97 Å². The minimum atomic E-state index is -0.511. The number of esters is 1. The smallest absolute Gasteiger partial charge is 0.338 e. The average molecular weight is 345 g/mol. The lowest BCUT2D eigenvalue weighted by Gasteiger charge is -2.11. The number of hydrogen-bond acceptors (Lipinski definition) is 9. The molecular weight excluding hydrogens is 326 g/mol. The van der Waals surface area contributed by atoms with Gasteiger partial charge in [-0.2, -0.15) is 15.0 Å². The number of rotatable bonds is 6. The maximum Gasteiger partial charge on any atom is 0.338 e. The molecule has 1 aliphatic rings. The highest BCUT2D eigenvalue weighted by atomic mass is 16.5. The highest BCUT2D eigenvalue weighted by molar-refractivity contribution is 5.89. The molecule has 0 radical (unpaired) electrons. The van der Waals surface area contributed by atoms with Crippen LogP contribution in [0.5, 0.6) is 5.75 Å². The third-order valence-corrected chi connectivity index (χ3v) is 3.60. The van der Waals surface area contributed by atoms with E-state index in [1.807, 2.05) is 0 Å². The van der Waals surface area contributed by atoms with E-state index in [0.29, 0.717) is 17.9 Å². The number of nitrogens with two attached hydrogens (primary N) is 2. The molecule has 3 rings (SSSR count). The van der Waals surface area contributed by atoms with E-state index < -0.39 is 5.97 Å². The van der Waals surface area contributed by atoms with Gasteiger partial charge in [-0.05, 0) is 37.1 Å². The Morgan fingerprint density at radius 2 is 1.88 bits per heavy atom. The normalized spacial score (nSPS) is 16.6. The first-order valence-electron chi connectivity index (χ1n) is 7.87. The molecule has 0 amide bonds. The van der Waals surface area contributed by atoms with E-state index in [-0.39, 0.29) is 30.4 Å². The Morgan fingerprint density at radius 3 is 2.52 bits per heavy atom. The summed E-state index contributed by atoms with van der Waals surface area (Å²) in [6.45, 7) is 1.15. The molecule has 2 aromatic rings. The molecule has 1 atom stereocenters. The fraction of sp³-hybridized carbons (Fsp3) is 0.375. The second-order valence-corrected chi connectivity index (χ2v) is 5.51. The maximum atomic E-state index is 12.0. The van der Waals surface area contributed by atoms with Crippen molar-refractivity contribution < 1.29 is 19.0 Å². The van der Waals surface area contributed by atoms with E-state index in [1.165, 1.54) is 0 Å². The number of benzene rings is 1. The zero-order chi connectivity index (χ0) is 17.6. The maximum absolute atomic E-state index is 12.0. The van der Waals surface area contributed by atoms with Crippen molar-refractivity contribution >= 4 is 17.9 Å². The quantitative estimate of drug-likeness (QED) is 0.733. The monoisotopic (exact) mass is 345 g/mol. The second-order valence-electron chi connectivity index (χ2n) is 5.51. The number of carbonyl (C=O) groups is 1. The van der Waals surface area contributed by atoms with Gasteiger partial charge < -0.3 is 25.7 Å². The molecule has 1 aliphatic heterocycles. The molecule has 0 bridgehead atoms. The lowest BCUT2D eigenvalue weighted by atomic mass is 10.2. The number of nitrogen functional groups attached to an aromatic ring is 2. The highest BCUT2D eigenvalue weighted by Gasteiger charge is 2.16. The summed E-state index contributed by atoms with van der Waals surface area (Å²) >= 11 is 0. The van der Waals surface area contributed by atoms with Crippen molar-refractivity contribution in [3.8, 4) is 5.75 Å². The van der Waals surface area contributed by atoms with Gasteiger partial charge in [0.25, 0.3) is 0 Å². The Bertz CT molecular complexity index is 712. The molecule has 1 aromatic heterocycles. The van der Waals surface area contributed by atoms with Crippen LogP contribution in [0, 0.1) is 0 Å². The predicted molar refractivity (Wildman–Crippen MR) is 88.7 cm³/mol. The van der Waals surface area contributed by atoms with Crippen LogP contribution in [0.25, 0.3) is 0 Å². The van der Waals surface area contributed by atoms with E-state index in [2.05, 4.69) is 15.0 Å². The number of anilines is 2. The number of carbonyl (C=O) groups excluding carboxylic acids is 1. The number of hydrogen-bond donors (Lipinski definition) is 2. The molecule has 2 heterocycles. The Labute approximate surface area is 144 Å². The third-order valence-electron chi connectivity index (χ3n) is 3.60. The van der Waals surface area contributed by atoms with Gasteiger partial charge in [0.15, 0.2) is 12.4 Å². The topological polar surface area (TPSA) is 135 Å². The zero-order valence-corrected chi connectivity index (χ0v) is 13.6. The van der Waals surface area contributed by atoms with Gasteiger partial charge in [-0.25, -0.2) is 4.79 Å². The van der Waals surface area contributed by atoms with Gasteiger partial charge in [-0.15, -0.1) is 0 Å². The largest absolute Gasteiger partial charge is 0.491 e. The lowest BCUT2D eigenvalue weighted by molar-refractivity contribution is 0.0462. The first kappa shape index (κ1) is 16.9. The van der Waals surface area contributed by atoms with Crippen LogP contribution < -0.4 is 16.2 Å². The van der Waals surface area contributed by atoms with Crippen LogP contribution >= 0.6 is 0 Å². The van der Waals surface area contributed by atoms with E-state index >= 15 is 0 Å². The van der Waals surface area contributed by atoms with E-state index in [1.54, 1.807) is 24.3 Å². The van der Waals surface area contributed by atoms with Crippen molar-refractivity contribution in [2.45, 2.75) is 25.6 Å². The molecule has 0 spiro atoms. The van der Waals surface area contributed by atoms with Crippen molar-refractivity contribution in [3.63, 3.8) is 0 Å². The molecule has 9 nitrogen and oxygen atoms in total. The van der Waals surface area contributed by atoms with Gasteiger partial charge in [-0.3, -0.25) is 0 Å². The second kappa shape index (κ2) is 7.75. The van der Waals surface area contributed by atoms with Gasteiger partial charge in [0.2, 0.25) is 11.9 Å². The minimum Gasteiger partial charge on any atom is -0.491 e. The summed E-state index contributed by atoms with van der Waals surface area (Å²) in [5.41, 5.74) is 11.3. The minimum absolute atomic E-state index is 0.0220. The van der Waals surface area contributed by atoms with E-state index in [9.17, 15) is 4.79 Å². The number of nitrogens with zero attached hydrogens (tertiary/aromatic N) is 3. The lowest BCUT2D eigenvalue weighted by Crippen LogP contribution is -2.16. The molecule has 25 heavy (non-hydrogen) atoms. The number of aromatic nitrogens is 3. The Hall–Kier alpha value is -2.94. The van der Waals surface area contributed by atoms with Crippen molar-refractivity contribution in [1.82, 2.24) is 15.0 Å². The van der Waals surface area contributed by atoms with Crippen LogP contribution in [0.1, 0.15) is 29.0 Å². The van der Waals surface area contributed by atoms with Crippen LogP contribution in [0.4, 0.5) is 11.9 Å². The van der Waals surface area contributed by atoms with Crippen molar-refractivity contribution in [2.75, 3.05) is 24.7 Å². The number of ether oxygens (including phenoxy) is 3. The zero-order valence-electron chi connectivity index (χ0n) is 13.6. The van der Waals surface area contributed by atoms with Crippen molar-refractivity contribution in [1.29, 1.82) is 0 Å². The fourth-order valence-corrected chi connectivity index (χ4v) is 2.39. The molecule has 0 aliphatic carbocycles. The van der Waals surface area contributed by atoms with Crippen LogP contribution in [-0.4, -0.2) is 40.2 Å². The van der Waals surface area contributed by atoms with Gasteiger partial charge in [0.05, 0.1) is 11.7 Å². The standard InChI is InChI=1S/C16H19N5O4/c17-15-19-13(20-16(18)21-15)9-25-14(22)10-3-5-11(6-4-10)24-8-12-2-1-7-23-12/h3-6,12H,1-2,7-9H2,(H4,17,18,19,20,21)/t12-/m0/s1. The summed E-state index contributed by atoms with van der Waals surface area (Å²) in [5, 5.41) is 0.